The van der Waals surface area contributed by atoms with Gasteiger partial charge in [0.25, 0.3) is 0 Å². The van der Waals surface area contributed by atoms with E-state index >= 15 is 0 Å². The Kier molecular flexibility index (Phi) is 60.8. The fraction of sp³-hybridized carbons (Fsp3) is 0.879. The number of hydrogen-bond acceptors (Lipinski definition) is 5. The maximum atomic E-state index is 12.3. The summed E-state index contributed by atoms with van der Waals surface area (Å²) in [7, 11) is 0. The van der Waals surface area contributed by atoms with Crippen LogP contribution in [0, 0.1) is 0 Å². The fourth-order valence-corrected chi connectivity index (χ4v) is 9.86. The molecule has 418 valence electrons. The highest BCUT2D eigenvalue weighted by molar-refractivity contribution is 5.70. The van der Waals surface area contributed by atoms with Crippen molar-refractivity contribution >= 4 is 11.9 Å². The van der Waals surface area contributed by atoms with Crippen LogP contribution in [0.2, 0.25) is 0 Å². The van der Waals surface area contributed by atoms with E-state index in [2.05, 4.69) is 50.3 Å². The van der Waals surface area contributed by atoms with Gasteiger partial charge in [0.05, 0.1) is 6.61 Å². The highest BCUT2D eigenvalue weighted by Gasteiger charge is 2.16. The summed E-state index contributed by atoms with van der Waals surface area (Å²) in [6.45, 7) is 4.18. The molecule has 0 aliphatic rings. The summed E-state index contributed by atoms with van der Waals surface area (Å²) in [5.41, 5.74) is 0. The van der Waals surface area contributed by atoms with Crippen molar-refractivity contribution in [2.75, 3.05) is 13.2 Å². The highest BCUT2D eigenvalue weighted by Crippen LogP contribution is 2.18. The number of aliphatic hydroxyl groups is 1. The smallest absolute Gasteiger partial charge is 0.306 e. The molecule has 0 amide bonds. The SMILES string of the molecule is CCCCCCC/C=C\C/C=C\C/C=C\CCCCCCCCCCCCC(=O)OC(CO)COC(=O)CCCCCCCCCCCCCCCCCCCCCCCCCCCCCCCCCC. The summed E-state index contributed by atoms with van der Waals surface area (Å²) >= 11 is 0. The first kappa shape index (κ1) is 69.1. The van der Waals surface area contributed by atoms with Gasteiger partial charge in [0.2, 0.25) is 0 Å². The normalized spacial score (nSPS) is 12.3. The molecule has 0 aliphatic carbocycles. The minimum Gasteiger partial charge on any atom is -0.462 e. The Bertz CT molecular complexity index is 1130. The number of esters is 2. The van der Waals surface area contributed by atoms with Gasteiger partial charge in [0.1, 0.15) is 6.61 Å². The predicted octanol–water partition coefficient (Wildman–Crippen LogP) is 21.8. The molecule has 0 saturated heterocycles. The third-order valence-electron chi connectivity index (χ3n) is 14.7. The molecule has 0 heterocycles. The molecule has 0 aromatic carbocycles. The molecule has 0 aromatic rings. The Balaban J connectivity index is 3.41. The lowest BCUT2D eigenvalue weighted by atomic mass is 10.0. The van der Waals surface area contributed by atoms with Gasteiger partial charge >= 0.3 is 11.9 Å². The van der Waals surface area contributed by atoms with E-state index in [9.17, 15) is 14.7 Å². The van der Waals surface area contributed by atoms with Gasteiger partial charge < -0.3 is 14.6 Å². The second-order valence-electron chi connectivity index (χ2n) is 21.9. The maximum Gasteiger partial charge on any atom is 0.306 e. The van der Waals surface area contributed by atoms with Crippen LogP contribution in [0.4, 0.5) is 0 Å². The van der Waals surface area contributed by atoms with E-state index in [1.807, 2.05) is 0 Å². The molecule has 0 bridgehead atoms. The van der Waals surface area contributed by atoms with E-state index in [0.717, 1.165) is 44.9 Å². The van der Waals surface area contributed by atoms with E-state index in [4.69, 9.17) is 9.47 Å². The van der Waals surface area contributed by atoms with Gasteiger partial charge in [-0.3, -0.25) is 9.59 Å². The zero-order valence-electron chi connectivity index (χ0n) is 48.0. The van der Waals surface area contributed by atoms with Crippen LogP contribution in [0.15, 0.2) is 36.5 Å². The van der Waals surface area contributed by atoms with Crippen molar-refractivity contribution < 1.29 is 24.2 Å². The summed E-state index contributed by atoms with van der Waals surface area (Å²) < 4.78 is 10.7. The molecule has 0 aliphatic heterocycles. The molecule has 5 heteroatoms. The molecule has 0 fully saturated rings. The topological polar surface area (TPSA) is 72.8 Å². The van der Waals surface area contributed by atoms with Crippen molar-refractivity contribution in [3.05, 3.63) is 36.5 Å². The third-order valence-corrected chi connectivity index (χ3v) is 14.7. The van der Waals surface area contributed by atoms with E-state index in [0.29, 0.717) is 12.8 Å². The van der Waals surface area contributed by atoms with Crippen LogP contribution in [-0.2, 0) is 19.1 Å². The Morgan fingerprint density at radius 2 is 0.563 bits per heavy atom. The molecular formula is C66H124O5. The molecule has 1 N–H and O–H groups in total. The molecule has 0 spiro atoms. The summed E-state index contributed by atoms with van der Waals surface area (Å²) in [5, 5.41) is 9.68. The lowest BCUT2D eigenvalue weighted by Gasteiger charge is -2.15. The van der Waals surface area contributed by atoms with Crippen LogP contribution in [0.25, 0.3) is 0 Å². The summed E-state index contributed by atoms with van der Waals surface area (Å²) in [6.07, 6.45) is 81.6. The zero-order valence-corrected chi connectivity index (χ0v) is 48.0. The first-order chi connectivity index (χ1) is 35.1. The number of ether oxygens (including phenoxy) is 2. The van der Waals surface area contributed by atoms with Gasteiger partial charge in [0, 0.05) is 12.8 Å². The minimum atomic E-state index is -0.773. The second kappa shape index (κ2) is 62.4. The minimum absolute atomic E-state index is 0.0628. The number of hydrogen-bond donors (Lipinski definition) is 1. The van der Waals surface area contributed by atoms with E-state index in [-0.39, 0.29) is 25.2 Å². The largest absolute Gasteiger partial charge is 0.462 e. The summed E-state index contributed by atoms with van der Waals surface area (Å²) in [6, 6.07) is 0. The first-order valence-corrected chi connectivity index (χ1v) is 32.0. The molecule has 5 nitrogen and oxygen atoms in total. The van der Waals surface area contributed by atoms with Crippen molar-refractivity contribution in [3.8, 4) is 0 Å². The molecule has 0 aromatic heterocycles. The van der Waals surface area contributed by atoms with E-state index < -0.39 is 6.10 Å². The number of carbonyl (C=O) groups excluding carboxylic acids is 2. The van der Waals surface area contributed by atoms with Crippen molar-refractivity contribution in [1.29, 1.82) is 0 Å². The van der Waals surface area contributed by atoms with Crippen LogP contribution >= 0.6 is 0 Å². The molecular weight excluding hydrogens is 873 g/mol. The Labute approximate surface area is 444 Å². The quantitative estimate of drug-likeness (QED) is 0.0373. The number of aliphatic hydroxyl groups excluding tert-OH is 1. The zero-order chi connectivity index (χ0) is 51.3. The van der Waals surface area contributed by atoms with Gasteiger partial charge in [-0.1, -0.05) is 326 Å². The summed E-state index contributed by atoms with van der Waals surface area (Å²) in [5.74, 6) is -0.576. The highest BCUT2D eigenvalue weighted by atomic mass is 16.6. The van der Waals surface area contributed by atoms with Crippen molar-refractivity contribution in [2.45, 2.75) is 360 Å². The molecule has 1 unspecified atom stereocenters. The van der Waals surface area contributed by atoms with Crippen LogP contribution in [-0.4, -0.2) is 36.4 Å². The summed E-state index contributed by atoms with van der Waals surface area (Å²) in [4.78, 5) is 24.6. The predicted molar refractivity (Wildman–Crippen MR) is 311 cm³/mol. The number of carbonyl (C=O) groups is 2. The Morgan fingerprint density at radius 3 is 0.845 bits per heavy atom. The number of rotatable bonds is 60. The first-order valence-electron chi connectivity index (χ1n) is 32.0. The van der Waals surface area contributed by atoms with Crippen LogP contribution in [0.3, 0.4) is 0 Å². The fourth-order valence-electron chi connectivity index (χ4n) is 9.86. The van der Waals surface area contributed by atoms with Gasteiger partial charge in [-0.05, 0) is 51.4 Å². The lowest BCUT2D eigenvalue weighted by Crippen LogP contribution is -2.28. The van der Waals surface area contributed by atoms with Crippen molar-refractivity contribution in [3.63, 3.8) is 0 Å². The third kappa shape index (κ3) is 60.6. The number of unbranched alkanes of at least 4 members (excludes halogenated alkanes) is 46. The van der Waals surface area contributed by atoms with E-state index in [1.54, 1.807) is 0 Å². The van der Waals surface area contributed by atoms with Gasteiger partial charge in [-0.25, -0.2) is 0 Å². The Hall–Kier alpha value is -1.88. The maximum absolute atomic E-state index is 12.3. The van der Waals surface area contributed by atoms with Gasteiger partial charge in [-0.2, -0.15) is 0 Å². The molecule has 0 saturated carbocycles. The average molecular weight is 998 g/mol. The molecule has 71 heavy (non-hydrogen) atoms. The second-order valence-corrected chi connectivity index (χ2v) is 21.9. The standard InChI is InChI=1S/C66H124O5/c1-3-5-7-9-11-13-15-17-19-21-23-25-27-29-30-31-32-33-34-35-37-38-40-42-44-46-48-50-52-54-56-58-60-65(68)70-63-64(62-67)71-66(69)61-59-57-55-53-51-49-47-45-43-41-39-36-28-26-24-22-20-18-16-14-12-10-8-6-4-2/h16,18,22,24,28,36,64,67H,3-15,17,19-21,23,25-27,29-35,37-63H2,1-2H3/b18-16-,24-22-,36-28-. The molecule has 0 rings (SSSR count). The van der Waals surface area contributed by atoms with E-state index in [1.165, 1.54) is 283 Å². The Morgan fingerprint density at radius 1 is 0.324 bits per heavy atom. The van der Waals surface area contributed by atoms with Gasteiger partial charge in [-0.15, -0.1) is 0 Å². The van der Waals surface area contributed by atoms with Crippen LogP contribution < -0.4 is 0 Å². The number of allylic oxidation sites excluding steroid dienone is 6. The molecule has 1 atom stereocenters. The van der Waals surface area contributed by atoms with Crippen molar-refractivity contribution in [2.24, 2.45) is 0 Å². The van der Waals surface area contributed by atoms with Crippen molar-refractivity contribution in [1.82, 2.24) is 0 Å². The monoisotopic (exact) mass is 997 g/mol. The van der Waals surface area contributed by atoms with Crippen LogP contribution in [0.5, 0.6) is 0 Å². The lowest BCUT2D eigenvalue weighted by molar-refractivity contribution is -0.161. The van der Waals surface area contributed by atoms with Gasteiger partial charge in [0.15, 0.2) is 6.10 Å². The molecule has 0 radical (unpaired) electrons. The average Bonchev–Trinajstić information content (AvgIpc) is 3.37. The van der Waals surface area contributed by atoms with Crippen LogP contribution in [0.1, 0.15) is 354 Å².